The fourth-order valence-corrected chi connectivity index (χ4v) is 1.74. The molecular formula is C15H16N2O3. The number of carbonyl (C=O) groups is 2. The lowest BCUT2D eigenvalue weighted by molar-refractivity contribution is -0.120. The van der Waals surface area contributed by atoms with Gasteiger partial charge in [0.25, 0.3) is 5.91 Å². The van der Waals surface area contributed by atoms with Gasteiger partial charge >= 0.3 is 0 Å². The van der Waals surface area contributed by atoms with Crippen molar-refractivity contribution in [3.05, 3.63) is 59.5 Å². The molecule has 0 fully saturated rings. The summed E-state index contributed by atoms with van der Waals surface area (Å²) in [6.07, 6.45) is 1.41. The average Bonchev–Trinajstić information content (AvgIpc) is 2.97. The van der Waals surface area contributed by atoms with Crippen LogP contribution >= 0.6 is 0 Å². The number of benzene rings is 1. The summed E-state index contributed by atoms with van der Waals surface area (Å²) in [5.74, 6) is -0.455. The predicted octanol–water partition coefficient (Wildman–Crippen LogP) is 1.63. The first-order valence-corrected chi connectivity index (χ1v) is 6.29. The van der Waals surface area contributed by atoms with Crippen LogP contribution in [0.2, 0.25) is 0 Å². The maximum Gasteiger partial charge on any atom is 0.287 e. The molecule has 0 saturated heterocycles. The van der Waals surface area contributed by atoms with Gasteiger partial charge in [0.1, 0.15) is 0 Å². The normalized spacial score (nSPS) is 10.1. The van der Waals surface area contributed by atoms with Gasteiger partial charge in [0.15, 0.2) is 5.76 Å². The highest BCUT2D eigenvalue weighted by Gasteiger charge is 2.09. The smallest absolute Gasteiger partial charge is 0.287 e. The summed E-state index contributed by atoms with van der Waals surface area (Å²) in [5.41, 5.74) is 2.17. The largest absolute Gasteiger partial charge is 0.459 e. The Hall–Kier alpha value is -2.56. The molecule has 2 aromatic rings. The molecule has 1 heterocycles. The molecule has 5 nitrogen and oxygen atoms in total. The first-order valence-electron chi connectivity index (χ1n) is 6.29. The Bertz CT molecular complexity index is 591. The Morgan fingerprint density at radius 1 is 1.15 bits per heavy atom. The maximum atomic E-state index is 11.6. The summed E-state index contributed by atoms with van der Waals surface area (Å²) in [6.45, 7) is 2.36. The molecule has 0 unspecified atom stereocenters. The summed E-state index contributed by atoms with van der Waals surface area (Å²) in [5, 5.41) is 5.23. The van der Waals surface area contributed by atoms with Gasteiger partial charge in [0.2, 0.25) is 5.91 Å². The van der Waals surface area contributed by atoms with Crippen LogP contribution in [0.15, 0.2) is 47.1 Å². The first kappa shape index (κ1) is 13.9. The van der Waals surface area contributed by atoms with E-state index in [1.165, 1.54) is 6.26 Å². The second-order valence-corrected chi connectivity index (χ2v) is 4.43. The van der Waals surface area contributed by atoms with Gasteiger partial charge in [-0.1, -0.05) is 29.8 Å². The van der Waals surface area contributed by atoms with Gasteiger partial charge in [-0.25, -0.2) is 0 Å². The van der Waals surface area contributed by atoms with Crippen molar-refractivity contribution in [1.29, 1.82) is 0 Å². The maximum absolute atomic E-state index is 11.6. The van der Waals surface area contributed by atoms with E-state index >= 15 is 0 Å². The molecule has 5 heteroatoms. The van der Waals surface area contributed by atoms with E-state index in [0.29, 0.717) is 6.54 Å². The molecule has 0 spiro atoms. The van der Waals surface area contributed by atoms with Crippen LogP contribution in [0.25, 0.3) is 0 Å². The number of hydrogen-bond donors (Lipinski definition) is 2. The van der Waals surface area contributed by atoms with Crippen LogP contribution in [0, 0.1) is 6.92 Å². The van der Waals surface area contributed by atoms with Crippen molar-refractivity contribution in [2.45, 2.75) is 13.5 Å². The van der Waals surface area contributed by atoms with Crippen LogP contribution < -0.4 is 10.6 Å². The van der Waals surface area contributed by atoms with Crippen molar-refractivity contribution in [1.82, 2.24) is 10.6 Å². The Balaban J connectivity index is 1.74. The molecule has 2 N–H and O–H groups in total. The quantitative estimate of drug-likeness (QED) is 0.869. The van der Waals surface area contributed by atoms with E-state index in [1.54, 1.807) is 12.1 Å². The third-order valence-corrected chi connectivity index (χ3v) is 2.73. The van der Waals surface area contributed by atoms with E-state index in [1.807, 2.05) is 31.2 Å². The molecule has 20 heavy (non-hydrogen) atoms. The zero-order chi connectivity index (χ0) is 14.4. The van der Waals surface area contributed by atoms with Crippen molar-refractivity contribution < 1.29 is 14.0 Å². The molecule has 0 aliphatic rings. The van der Waals surface area contributed by atoms with E-state index in [2.05, 4.69) is 10.6 Å². The highest BCUT2D eigenvalue weighted by atomic mass is 16.3. The molecule has 1 aromatic heterocycles. The zero-order valence-corrected chi connectivity index (χ0v) is 11.2. The molecule has 1 aromatic carbocycles. The van der Waals surface area contributed by atoms with Crippen molar-refractivity contribution in [2.24, 2.45) is 0 Å². The third kappa shape index (κ3) is 3.98. The summed E-state index contributed by atoms with van der Waals surface area (Å²) in [6, 6.07) is 11.0. The van der Waals surface area contributed by atoms with Gasteiger partial charge in [0, 0.05) is 6.54 Å². The third-order valence-electron chi connectivity index (χ3n) is 2.73. The van der Waals surface area contributed by atoms with Crippen LogP contribution in [0.1, 0.15) is 21.7 Å². The number of aryl methyl sites for hydroxylation is 1. The number of carbonyl (C=O) groups excluding carboxylic acids is 2. The SMILES string of the molecule is Cc1cccc(CNC(=O)CNC(=O)c2ccco2)c1. The molecular weight excluding hydrogens is 256 g/mol. The van der Waals surface area contributed by atoms with E-state index in [0.717, 1.165) is 11.1 Å². The molecule has 2 rings (SSSR count). The monoisotopic (exact) mass is 272 g/mol. The second kappa shape index (κ2) is 6.56. The van der Waals surface area contributed by atoms with Crippen LogP contribution in [-0.2, 0) is 11.3 Å². The minimum Gasteiger partial charge on any atom is -0.459 e. The van der Waals surface area contributed by atoms with Crippen molar-refractivity contribution in [3.63, 3.8) is 0 Å². The van der Waals surface area contributed by atoms with Gasteiger partial charge in [-0.15, -0.1) is 0 Å². The average molecular weight is 272 g/mol. The molecule has 0 bridgehead atoms. The minimum atomic E-state index is -0.402. The van der Waals surface area contributed by atoms with E-state index in [4.69, 9.17) is 4.42 Å². The standard InChI is InChI=1S/C15H16N2O3/c1-11-4-2-5-12(8-11)9-16-14(18)10-17-15(19)13-6-3-7-20-13/h2-8H,9-10H2,1H3,(H,16,18)(H,17,19). The van der Waals surface area contributed by atoms with Crippen LogP contribution in [0.3, 0.4) is 0 Å². The lowest BCUT2D eigenvalue weighted by Crippen LogP contribution is -2.36. The molecule has 0 atom stereocenters. The number of nitrogens with one attached hydrogen (secondary N) is 2. The summed E-state index contributed by atoms with van der Waals surface area (Å²) in [4.78, 5) is 23.2. The topological polar surface area (TPSA) is 71.3 Å². The lowest BCUT2D eigenvalue weighted by atomic mass is 10.1. The predicted molar refractivity (Wildman–Crippen MR) is 74.1 cm³/mol. The summed E-state index contributed by atoms with van der Waals surface area (Å²) in [7, 11) is 0. The number of rotatable bonds is 5. The molecule has 0 aliphatic heterocycles. The van der Waals surface area contributed by atoms with Gasteiger partial charge in [-0.3, -0.25) is 9.59 Å². The van der Waals surface area contributed by atoms with Crippen LogP contribution in [0.5, 0.6) is 0 Å². The Labute approximate surface area is 117 Å². The molecule has 104 valence electrons. The van der Waals surface area contributed by atoms with Crippen molar-refractivity contribution in [2.75, 3.05) is 6.54 Å². The Kier molecular flexibility index (Phi) is 4.55. The second-order valence-electron chi connectivity index (χ2n) is 4.43. The highest BCUT2D eigenvalue weighted by Crippen LogP contribution is 2.03. The van der Waals surface area contributed by atoms with Gasteiger partial charge in [-0.2, -0.15) is 0 Å². The van der Waals surface area contributed by atoms with E-state index in [-0.39, 0.29) is 18.2 Å². The molecule has 2 amide bonds. The first-order chi connectivity index (χ1) is 9.65. The number of hydrogen-bond acceptors (Lipinski definition) is 3. The fourth-order valence-electron chi connectivity index (χ4n) is 1.74. The molecule has 0 aliphatic carbocycles. The zero-order valence-electron chi connectivity index (χ0n) is 11.2. The number of furan rings is 1. The van der Waals surface area contributed by atoms with Crippen molar-refractivity contribution >= 4 is 11.8 Å². The molecule has 0 saturated carbocycles. The van der Waals surface area contributed by atoms with E-state index in [9.17, 15) is 9.59 Å². The fraction of sp³-hybridized carbons (Fsp3) is 0.200. The van der Waals surface area contributed by atoms with Crippen LogP contribution in [0.4, 0.5) is 0 Å². The van der Waals surface area contributed by atoms with Gasteiger partial charge < -0.3 is 15.1 Å². The number of amides is 2. The lowest BCUT2D eigenvalue weighted by Gasteiger charge is -2.06. The van der Waals surface area contributed by atoms with Crippen LogP contribution in [-0.4, -0.2) is 18.4 Å². The summed E-state index contributed by atoms with van der Waals surface area (Å²) < 4.78 is 4.93. The Morgan fingerprint density at radius 2 is 2.00 bits per heavy atom. The van der Waals surface area contributed by atoms with Gasteiger partial charge in [-0.05, 0) is 24.6 Å². The van der Waals surface area contributed by atoms with Gasteiger partial charge in [0.05, 0.1) is 12.8 Å². The highest BCUT2D eigenvalue weighted by molar-refractivity contribution is 5.94. The van der Waals surface area contributed by atoms with E-state index < -0.39 is 5.91 Å². The minimum absolute atomic E-state index is 0.0780. The molecule has 0 radical (unpaired) electrons. The van der Waals surface area contributed by atoms with Crippen molar-refractivity contribution in [3.8, 4) is 0 Å². The Morgan fingerprint density at radius 3 is 2.70 bits per heavy atom. The summed E-state index contributed by atoms with van der Waals surface area (Å²) >= 11 is 0.